The van der Waals surface area contributed by atoms with Crippen LogP contribution in [0, 0.1) is 0 Å². The van der Waals surface area contributed by atoms with Crippen LogP contribution in [0.5, 0.6) is 0 Å². The van der Waals surface area contributed by atoms with Gasteiger partial charge >= 0.3 is 0 Å². The van der Waals surface area contributed by atoms with Gasteiger partial charge in [-0.1, -0.05) is 267 Å². The first-order valence-electron chi connectivity index (χ1n) is 30.7. The predicted octanol–water partition coefficient (Wildman–Crippen LogP) is 20.7. The van der Waals surface area contributed by atoms with Crippen LogP contribution in [0.1, 0.15) is 0 Å². The SMILES string of the molecule is c1ccc(-c2ccc(N3c4cc(N(c5ccccc5)c5ccccc5)cc5c4B(c4cc(-c6ccccc6)ccc4N5c4cccc(-c5ccccc5)c4)c4ccc5c(c43)c3ccccc3n5-c3c(-c4ccccc4)cccc3-c3ccccc3)cc2)cc1. The van der Waals surface area contributed by atoms with Crippen molar-refractivity contribution in [2.24, 2.45) is 0 Å². The molecule has 0 saturated heterocycles. The minimum Gasteiger partial charge on any atom is -0.311 e. The normalized spacial score (nSPS) is 12.2. The third-order valence-corrected chi connectivity index (χ3v) is 18.1. The quantitative estimate of drug-likeness (QED) is 0.120. The molecule has 0 amide bonds. The molecule has 0 radical (unpaired) electrons. The molecular formula is C84H57BN4. The fourth-order valence-electron chi connectivity index (χ4n) is 14.2. The van der Waals surface area contributed by atoms with Crippen molar-refractivity contribution in [2.45, 2.75) is 0 Å². The summed E-state index contributed by atoms with van der Waals surface area (Å²) in [6, 6.07) is 127. The van der Waals surface area contributed by atoms with E-state index in [0.717, 1.165) is 101 Å². The van der Waals surface area contributed by atoms with Gasteiger partial charge in [0.1, 0.15) is 0 Å². The number of para-hydroxylation sites is 4. The van der Waals surface area contributed by atoms with Crippen molar-refractivity contribution in [3.8, 4) is 61.3 Å². The standard InChI is InChI=1S/C84H57BN4/c1-8-26-58(27-9-1)61-46-49-68(50-47-61)88-80-57-70(86(66-37-18-6-19-38-66)67-39-20-7-21-40-67)56-79-82(80)85(75-55-65(60-30-12-3-13-31-60)48-52-77(75)87(79)69-41-24-36-64(54-69)59-28-10-2-11-29-59)74-51-53-78-81(84(74)88)73-42-22-23-45-76(73)89(78)83-71(62-32-14-4-15-33-62)43-25-44-72(83)63-34-16-5-17-35-63/h1-57H. The van der Waals surface area contributed by atoms with Crippen molar-refractivity contribution in [1.82, 2.24) is 4.57 Å². The summed E-state index contributed by atoms with van der Waals surface area (Å²) in [5.74, 6) is 0. The summed E-state index contributed by atoms with van der Waals surface area (Å²) in [4.78, 5) is 7.62. The van der Waals surface area contributed by atoms with Crippen LogP contribution in [0.3, 0.4) is 0 Å². The van der Waals surface area contributed by atoms with E-state index < -0.39 is 0 Å². The van der Waals surface area contributed by atoms with E-state index in [1.807, 2.05) is 0 Å². The van der Waals surface area contributed by atoms with Gasteiger partial charge in [-0.25, -0.2) is 0 Å². The molecule has 0 saturated carbocycles. The third kappa shape index (κ3) is 8.77. The number of aromatic nitrogens is 1. The molecule has 15 aromatic rings. The molecular weight excluding hydrogens is 1080 g/mol. The Kier molecular flexibility index (Phi) is 12.6. The highest BCUT2D eigenvalue weighted by molar-refractivity contribution is 7.00. The van der Waals surface area contributed by atoms with E-state index in [0.29, 0.717) is 0 Å². The number of fused-ring (bicyclic) bond motifs is 8. The molecule has 0 bridgehead atoms. The Labute approximate surface area is 519 Å². The van der Waals surface area contributed by atoms with Crippen LogP contribution >= 0.6 is 0 Å². The second-order valence-corrected chi connectivity index (χ2v) is 23.2. The smallest absolute Gasteiger partial charge is 0.252 e. The summed E-state index contributed by atoms with van der Waals surface area (Å²) in [5, 5.41) is 2.36. The first-order valence-corrected chi connectivity index (χ1v) is 30.7. The molecule has 3 heterocycles. The molecule has 0 spiro atoms. The summed E-state index contributed by atoms with van der Waals surface area (Å²) >= 11 is 0. The fourth-order valence-corrected chi connectivity index (χ4v) is 14.2. The highest BCUT2D eigenvalue weighted by atomic mass is 15.2. The van der Waals surface area contributed by atoms with Crippen molar-refractivity contribution in [3.05, 3.63) is 346 Å². The third-order valence-electron chi connectivity index (χ3n) is 18.1. The number of nitrogens with zero attached hydrogens (tertiary/aromatic N) is 4. The number of hydrogen-bond acceptors (Lipinski definition) is 3. The average Bonchev–Trinajstić information content (AvgIpc) is 1.69. The van der Waals surface area contributed by atoms with Crippen LogP contribution in [-0.4, -0.2) is 11.3 Å². The Morgan fingerprint density at radius 2 is 0.719 bits per heavy atom. The zero-order chi connectivity index (χ0) is 58.8. The summed E-state index contributed by atoms with van der Waals surface area (Å²) in [6.07, 6.45) is 0. The molecule has 89 heavy (non-hydrogen) atoms. The highest BCUT2D eigenvalue weighted by Gasteiger charge is 2.45. The molecule has 2 aliphatic rings. The Hall–Kier alpha value is -11.7. The lowest BCUT2D eigenvalue weighted by Gasteiger charge is -2.45. The van der Waals surface area contributed by atoms with E-state index in [2.05, 4.69) is 365 Å². The van der Waals surface area contributed by atoms with E-state index in [-0.39, 0.29) is 6.71 Å². The maximum atomic E-state index is 2.63. The molecule has 0 fully saturated rings. The number of hydrogen-bond donors (Lipinski definition) is 0. The van der Waals surface area contributed by atoms with Crippen LogP contribution in [0.15, 0.2) is 346 Å². The first kappa shape index (κ1) is 51.7. The largest absolute Gasteiger partial charge is 0.311 e. The van der Waals surface area contributed by atoms with Gasteiger partial charge in [-0.3, -0.25) is 0 Å². The minimum atomic E-state index is -0.207. The summed E-state index contributed by atoms with van der Waals surface area (Å²) in [7, 11) is 0. The predicted molar refractivity (Wildman–Crippen MR) is 377 cm³/mol. The lowest BCUT2D eigenvalue weighted by atomic mass is 9.33. The van der Waals surface area contributed by atoms with Crippen molar-refractivity contribution in [2.75, 3.05) is 14.7 Å². The van der Waals surface area contributed by atoms with Gasteiger partial charge in [-0.2, -0.15) is 0 Å². The van der Waals surface area contributed by atoms with E-state index in [1.54, 1.807) is 0 Å². The fraction of sp³-hybridized carbons (Fsp3) is 0. The van der Waals surface area contributed by atoms with Gasteiger partial charge in [0, 0.05) is 61.7 Å². The van der Waals surface area contributed by atoms with Crippen molar-refractivity contribution >= 4 is 96.1 Å². The van der Waals surface area contributed by atoms with Crippen LogP contribution < -0.4 is 31.1 Å². The van der Waals surface area contributed by atoms with Crippen molar-refractivity contribution in [3.63, 3.8) is 0 Å². The van der Waals surface area contributed by atoms with Crippen LogP contribution in [-0.2, 0) is 0 Å². The van der Waals surface area contributed by atoms with Crippen LogP contribution in [0.2, 0.25) is 0 Å². The molecule has 2 aliphatic heterocycles. The molecule has 4 nitrogen and oxygen atoms in total. The van der Waals surface area contributed by atoms with Gasteiger partial charge in [-0.15, -0.1) is 0 Å². The van der Waals surface area contributed by atoms with Gasteiger partial charge in [0.2, 0.25) is 0 Å². The van der Waals surface area contributed by atoms with Crippen LogP contribution in [0.4, 0.5) is 51.2 Å². The maximum absolute atomic E-state index is 2.63. The van der Waals surface area contributed by atoms with E-state index in [1.165, 1.54) is 49.4 Å². The number of rotatable bonds is 11. The molecule has 0 atom stereocenters. The van der Waals surface area contributed by atoms with Crippen molar-refractivity contribution in [1.29, 1.82) is 0 Å². The molecule has 5 heteroatoms. The molecule has 0 aliphatic carbocycles. The zero-order valence-corrected chi connectivity index (χ0v) is 48.8. The van der Waals surface area contributed by atoms with Crippen LogP contribution in [0.25, 0.3) is 83.1 Å². The van der Waals surface area contributed by atoms with Gasteiger partial charge < -0.3 is 19.3 Å². The Morgan fingerprint density at radius 1 is 0.258 bits per heavy atom. The lowest BCUT2D eigenvalue weighted by molar-refractivity contribution is 1.18. The van der Waals surface area contributed by atoms with Gasteiger partial charge in [-0.05, 0) is 140 Å². The molecule has 14 aromatic carbocycles. The van der Waals surface area contributed by atoms with E-state index >= 15 is 0 Å². The van der Waals surface area contributed by atoms with Crippen molar-refractivity contribution < 1.29 is 0 Å². The Morgan fingerprint density at radius 3 is 1.30 bits per heavy atom. The summed E-state index contributed by atoms with van der Waals surface area (Å²) < 4.78 is 2.57. The number of benzene rings is 14. The highest BCUT2D eigenvalue weighted by Crippen LogP contribution is 2.52. The zero-order valence-electron chi connectivity index (χ0n) is 48.8. The second kappa shape index (κ2) is 21.7. The number of anilines is 9. The van der Waals surface area contributed by atoms with E-state index in [4.69, 9.17) is 0 Å². The average molecular weight is 1130 g/mol. The molecule has 17 rings (SSSR count). The van der Waals surface area contributed by atoms with Gasteiger partial charge in [0.15, 0.2) is 0 Å². The minimum absolute atomic E-state index is 0.207. The molecule has 0 unspecified atom stereocenters. The Balaban J connectivity index is 1.03. The van der Waals surface area contributed by atoms with Gasteiger partial charge in [0.05, 0.1) is 28.1 Å². The topological polar surface area (TPSA) is 14.7 Å². The second-order valence-electron chi connectivity index (χ2n) is 23.2. The Bertz CT molecular complexity index is 5020. The molecule has 416 valence electrons. The first-order chi connectivity index (χ1) is 44.2. The molecule has 1 aromatic heterocycles. The monoisotopic (exact) mass is 1130 g/mol. The molecule has 0 N–H and O–H groups in total. The summed E-state index contributed by atoms with van der Waals surface area (Å²) in [6.45, 7) is -0.207. The lowest BCUT2D eigenvalue weighted by Crippen LogP contribution is -2.61. The maximum Gasteiger partial charge on any atom is 0.252 e. The van der Waals surface area contributed by atoms with E-state index in [9.17, 15) is 0 Å². The summed E-state index contributed by atoms with van der Waals surface area (Å²) in [5.41, 5.74) is 28.6. The van der Waals surface area contributed by atoms with Gasteiger partial charge in [0.25, 0.3) is 6.71 Å².